The van der Waals surface area contributed by atoms with Crippen LogP contribution in [0.15, 0.2) is 115 Å². The number of carbonyl (C=O) groups excluding carboxylic acids is 2. The van der Waals surface area contributed by atoms with Crippen molar-refractivity contribution in [1.82, 2.24) is 14.8 Å². The maximum atomic E-state index is 15.2. The Bertz CT molecular complexity index is 1750. The van der Waals surface area contributed by atoms with E-state index in [2.05, 4.69) is 57.2 Å². The van der Waals surface area contributed by atoms with Gasteiger partial charge in [-0.1, -0.05) is 109 Å². The third-order valence-corrected chi connectivity index (χ3v) is 9.74. The van der Waals surface area contributed by atoms with E-state index in [0.717, 1.165) is 40.8 Å². The van der Waals surface area contributed by atoms with Crippen molar-refractivity contribution in [3.63, 3.8) is 0 Å². The molecule has 7 rings (SSSR count). The van der Waals surface area contributed by atoms with Gasteiger partial charge in [-0.15, -0.1) is 0 Å². The van der Waals surface area contributed by atoms with Crippen LogP contribution in [0.1, 0.15) is 47.2 Å². The SMILES string of the molecule is CCOC(=O)[C@@H]1CN(Cc2ccccc2)CC[C@]12c1[nH]c3ccccc3c1CCN2C(=O)C(c1ccccc1)c1ccccc1. The predicted octanol–water partition coefficient (Wildman–Crippen LogP) is 6.67. The van der Waals surface area contributed by atoms with Gasteiger partial charge in [0.25, 0.3) is 0 Å². The second kappa shape index (κ2) is 12.4. The summed E-state index contributed by atoms with van der Waals surface area (Å²) in [6.07, 6.45) is 1.33. The van der Waals surface area contributed by atoms with Gasteiger partial charge in [0.2, 0.25) is 5.91 Å². The van der Waals surface area contributed by atoms with Gasteiger partial charge in [-0.3, -0.25) is 14.5 Å². The number of benzene rings is 4. The average molecular weight is 598 g/mol. The summed E-state index contributed by atoms with van der Waals surface area (Å²) < 4.78 is 5.84. The lowest BCUT2D eigenvalue weighted by molar-refractivity contribution is -0.166. The summed E-state index contributed by atoms with van der Waals surface area (Å²) in [7, 11) is 0. The number of carbonyl (C=O) groups is 2. The average Bonchev–Trinajstić information content (AvgIpc) is 3.47. The van der Waals surface area contributed by atoms with Gasteiger partial charge < -0.3 is 14.6 Å². The molecule has 2 aliphatic heterocycles. The number of H-pyrrole nitrogens is 1. The summed E-state index contributed by atoms with van der Waals surface area (Å²) >= 11 is 0. The Morgan fingerprint density at radius 3 is 2.13 bits per heavy atom. The standard InChI is InChI=1S/C39H39N3O3/c1-2-45-38(44)33-27-41(26-28-14-6-3-7-15-28)25-23-39(33)36-32(31-20-12-13-21-34(31)40-36)22-24-42(39)37(43)35(29-16-8-4-9-17-29)30-18-10-5-11-19-30/h3-21,33,35,40H,2,22-27H2,1H3/t33-,39+/m0/s1. The Morgan fingerprint density at radius 1 is 0.844 bits per heavy atom. The van der Waals surface area contributed by atoms with Gasteiger partial charge in [0.05, 0.1) is 24.0 Å². The van der Waals surface area contributed by atoms with Crippen molar-refractivity contribution in [3.8, 4) is 0 Å². The third kappa shape index (κ3) is 5.23. The monoisotopic (exact) mass is 597 g/mol. The molecule has 4 aromatic carbocycles. The van der Waals surface area contributed by atoms with Crippen molar-refractivity contribution in [2.24, 2.45) is 5.92 Å². The van der Waals surface area contributed by atoms with E-state index in [-0.39, 0.29) is 18.5 Å². The number of esters is 1. The smallest absolute Gasteiger partial charge is 0.313 e. The first-order valence-corrected chi connectivity index (χ1v) is 16.0. The number of amides is 1. The Morgan fingerprint density at radius 2 is 1.47 bits per heavy atom. The van der Waals surface area contributed by atoms with E-state index in [0.29, 0.717) is 25.9 Å². The van der Waals surface area contributed by atoms with Gasteiger partial charge in [0.1, 0.15) is 0 Å². The molecule has 228 valence electrons. The van der Waals surface area contributed by atoms with Gasteiger partial charge >= 0.3 is 5.97 Å². The first-order chi connectivity index (χ1) is 22.1. The normalized spacial score (nSPS) is 20.0. The van der Waals surface area contributed by atoms with Crippen molar-refractivity contribution < 1.29 is 14.3 Å². The Hall–Kier alpha value is -4.68. The van der Waals surface area contributed by atoms with Crippen LogP contribution in [0.4, 0.5) is 0 Å². The molecule has 3 heterocycles. The number of fused-ring (bicyclic) bond motifs is 4. The minimum Gasteiger partial charge on any atom is -0.466 e. The van der Waals surface area contributed by atoms with Crippen molar-refractivity contribution in [2.75, 3.05) is 26.2 Å². The van der Waals surface area contributed by atoms with E-state index in [1.807, 2.05) is 79.7 Å². The Balaban J connectivity index is 1.38. The van der Waals surface area contributed by atoms with Crippen LogP contribution in [0.2, 0.25) is 0 Å². The van der Waals surface area contributed by atoms with Gasteiger partial charge in [-0.05, 0) is 48.1 Å². The lowest BCUT2D eigenvalue weighted by atomic mass is 9.69. The molecule has 2 atom stereocenters. The van der Waals surface area contributed by atoms with E-state index in [4.69, 9.17) is 4.74 Å². The number of piperidine rings is 1. The molecule has 45 heavy (non-hydrogen) atoms. The highest BCUT2D eigenvalue weighted by atomic mass is 16.5. The summed E-state index contributed by atoms with van der Waals surface area (Å²) in [4.78, 5) is 37.6. The fraction of sp³-hybridized carbons (Fsp3) is 0.282. The van der Waals surface area contributed by atoms with Crippen molar-refractivity contribution in [1.29, 1.82) is 0 Å². The van der Waals surface area contributed by atoms with E-state index < -0.39 is 17.4 Å². The highest BCUT2D eigenvalue weighted by Gasteiger charge is 2.58. The Labute approximate surface area is 264 Å². The summed E-state index contributed by atoms with van der Waals surface area (Å²) in [6.45, 7) is 4.64. The zero-order valence-electron chi connectivity index (χ0n) is 25.7. The van der Waals surface area contributed by atoms with Crippen LogP contribution in [0.25, 0.3) is 10.9 Å². The van der Waals surface area contributed by atoms with Crippen LogP contribution in [-0.4, -0.2) is 52.9 Å². The highest BCUT2D eigenvalue weighted by molar-refractivity contribution is 5.91. The molecule has 1 spiro atoms. The summed E-state index contributed by atoms with van der Waals surface area (Å²) in [5.74, 6) is -1.31. The molecule has 1 fully saturated rings. The minimum absolute atomic E-state index is 0.0162. The molecular formula is C39H39N3O3. The molecule has 6 heteroatoms. The number of ether oxygens (including phenoxy) is 1. The van der Waals surface area contributed by atoms with Gasteiger partial charge in [-0.2, -0.15) is 0 Å². The molecule has 5 aromatic rings. The van der Waals surface area contributed by atoms with E-state index >= 15 is 4.79 Å². The first kappa shape index (κ1) is 29.1. The topological polar surface area (TPSA) is 65.6 Å². The van der Waals surface area contributed by atoms with Crippen LogP contribution < -0.4 is 0 Å². The molecule has 1 aromatic heterocycles. The van der Waals surface area contributed by atoms with Gasteiger partial charge in [0.15, 0.2) is 0 Å². The lowest BCUT2D eigenvalue weighted by Gasteiger charge is -2.55. The molecule has 6 nitrogen and oxygen atoms in total. The maximum absolute atomic E-state index is 15.2. The summed E-state index contributed by atoms with van der Waals surface area (Å²) in [6, 6.07) is 38.8. The largest absolute Gasteiger partial charge is 0.466 e. The number of likely N-dealkylation sites (tertiary alicyclic amines) is 1. The quantitative estimate of drug-likeness (QED) is 0.213. The number of para-hydroxylation sites is 1. The van der Waals surface area contributed by atoms with E-state index in [9.17, 15) is 4.79 Å². The highest BCUT2D eigenvalue weighted by Crippen LogP contribution is 2.50. The summed E-state index contributed by atoms with van der Waals surface area (Å²) in [5.41, 5.74) is 5.43. The van der Waals surface area contributed by atoms with Crippen LogP contribution in [0.3, 0.4) is 0 Å². The molecule has 0 saturated carbocycles. The fourth-order valence-electron chi connectivity index (χ4n) is 7.74. The molecule has 1 N–H and O–H groups in total. The number of nitrogens with zero attached hydrogens (tertiary/aromatic N) is 2. The zero-order chi connectivity index (χ0) is 30.8. The number of hydrogen-bond acceptors (Lipinski definition) is 4. The number of aromatic amines is 1. The summed E-state index contributed by atoms with van der Waals surface area (Å²) in [5, 5.41) is 1.16. The van der Waals surface area contributed by atoms with E-state index in [1.165, 1.54) is 11.1 Å². The van der Waals surface area contributed by atoms with Gasteiger partial charge in [-0.25, -0.2) is 0 Å². The van der Waals surface area contributed by atoms with Crippen LogP contribution in [0.5, 0.6) is 0 Å². The third-order valence-electron chi connectivity index (χ3n) is 9.74. The Kier molecular flexibility index (Phi) is 7.99. The first-order valence-electron chi connectivity index (χ1n) is 16.0. The number of rotatable bonds is 7. The zero-order valence-corrected chi connectivity index (χ0v) is 25.7. The van der Waals surface area contributed by atoms with Crippen LogP contribution in [-0.2, 0) is 32.8 Å². The van der Waals surface area contributed by atoms with Crippen molar-refractivity contribution in [3.05, 3.63) is 143 Å². The van der Waals surface area contributed by atoms with Crippen LogP contribution >= 0.6 is 0 Å². The van der Waals surface area contributed by atoms with Crippen molar-refractivity contribution in [2.45, 2.75) is 37.8 Å². The molecule has 1 amide bonds. The van der Waals surface area contributed by atoms with E-state index in [1.54, 1.807) is 0 Å². The molecular weight excluding hydrogens is 558 g/mol. The van der Waals surface area contributed by atoms with Crippen LogP contribution in [0, 0.1) is 5.92 Å². The lowest BCUT2D eigenvalue weighted by Crippen LogP contribution is -2.65. The predicted molar refractivity (Wildman–Crippen MR) is 177 cm³/mol. The number of aromatic nitrogens is 1. The second-order valence-electron chi connectivity index (χ2n) is 12.2. The molecule has 2 aliphatic rings. The fourth-order valence-corrected chi connectivity index (χ4v) is 7.74. The molecule has 0 aliphatic carbocycles. The second-order valence-corrected chi connectivity index (χ2v) is 12.2. The molecule has 1 saturated heterocycles. The minimum atomic E-state index is -0.884. The number of hydrogen-bond donors (Lipinski definition) is 1. The maximum Gasteiger partial charge on any atom is 0.313 e. The molecule has 0 unspecified atom stereocenters. The number of nitrogens with one attached hydrogen (secondary N) is 1. The molecule has 0 radical (unpaired) electrons. The van der Waals surface area contributed by atoms with Crippen molar-refractivity contribution >= 4 is 22.8 Å². The van der Waals surface area contributed by atoms with Gasteiger partial charge in [0, 0.05) is 42.8 Å². The molecule has 0 bridgehead atoms.